The largest absolute Gasteiger partial charge is 0.452 e. The van der Waals surface area contributed by atoms with Crippen LogP contribution in [-0.4, -0.2) is 38.2 Å². The molecule has 1 aliphatic heterocycles. The second-order valence-electron chi connectivity index (χ2n) is 6.27. The quantitative estimate of drug-likeness (QED) is 0.731. The summed E-state index contributed by atoms with van der Waals surface area (Å²) >= 11 is 0. The molecule has 1 saturated heterocycles. The molecule has 28 heavy (non-hydrogen) atoms. The predicted octanol–water partition coefficient (Wildman–Crippen LogP) is 3.68. The van der Waals surface area contributed by atoms with Gasteiger partial charge in [0.05, 0.1) is 5.56 Å². The van der Waals surface area contributed by atoms with Crippen molar-refractivity contribution in [1.82, 2.24) is 0 Å². The maximum Gasteiger partial charge on any atom is 0.387 e. The standard InChI is InChI=1S/C20H20F2N2O4/c21-20(22)28-17-9-3-14(4-10-17)19(26)27-13-18(25)23-15-5-7-16(8-6-15)24-11-1-2-12-24/h3-10,20H,1-2,11-13H2,(H,23,25). The molecule has 1 N–H and O–H groups in total. The third-order valence-corrected chi connectivity index (χ3v) is 4.27. The Hall–Kier alpha value is -3.16. The molecule has 0 aliphatic carbocycles. The molecule has 1 aliphatic rings. The van der Waals surface area contributed by atoms with Gasteiger partial charge < -0.3 is 19.7 Å². The van der Waals surface area contributed by atoms with E-state index in [1.54, 1.807) is 12.1 Å². The molecular formula is C20H20F2N2O4. The van der Waals surface area contributed by atoms with E-state index >= 15 is 0 Å². The van der Waals surface area contributed by atoms with Gasteiger partial charge in [-0.3, -0.25) is 4.79 Å². The van der Waals surface area contributed by atoms with Crippen LogP contribution in [0.1, 0.15) is 23.2 Å². The topological polar surface area (TPSA) is 67.9 Å². The van der Waals surface area contributed by atoms with Gasteiger partial charge in [-0.2, -0.15) is 8.78 Å². The van der Waals surface area contributed by atoms with Crippen molar-refractivity contribution >= 4 is 23.3 Å². The maximum atomic E-state index is 12.1. The Kier molecular flexibility index (Phi) is 6.41. The van der Waals surface area contributed by atoms with Crippen LogP contribution in [0.5, 0.6) is 5.75 Å². The molecule has 1 amide bonds. The van der Waals surface area contributed by atoms with Crippen molar-refractivity contribution in [3.8, 4) is 5.75 Å². The van der Waals surface area contributed by atoms with Gasteiger partial charge in [-0.1, -0.05) is 0 Å². The average molecular weight is 390 g/mol. The third kappa shape index (κ3) is 5.42. The molecule has 2 aromatic rings. The summed E-state index contributed by atoms with van der Waals surface area (Å²) in [5.41, 5.74) is 1.85. The number of nitrogens with zero attached hydrogens (tertiary/aromatic N) is 1. The van der Waals surface area contributed by atoms with Crippen LogP contribution in [0.15, 0.2) is 48.5 Å². The van der Waals surface area contributed by atoms with E-state index in [0.717, 1.165) is 18.8 Å². The summed E-state index contributed by atoms with van der Waals surface area (Å²) in [4.78, 5) is 26.2. The minimum Gasteiger partial charge on any atom is -0.452 e. The van der Waals surface area contributed by atoms with Gasteiger partial charge in [-0.05, 0) is 61.4 Å². The number of amides is 1. The fraction of sp³-hybridized carbons (Fsp3) is 0.300. The molecule has 0 aromatic heterocycles. The number of halogens is 2. The van der Waals surface area contributed by atoms with Gasteiger partial charge in [0.15, 0.2) is 6.61 Å². The number of benzene rings is 2. The molecule has 8 heteroatoms. The summed E-state index contributed by atoms with van der Waals surface area (Å²) in [6, 6.07) is 12.5. The second kappa shape index (κ2) is 9.16. The van der Waals surface area contributed by atoms with E-state index in [-0.39, 0.29) is 11.3 Å². The van der Waals surface area contributed by atoms with Crippen LogP contribution in [-0.2, 0) is 9.53 Å². The summed E-state index contributed by atoms with van der Waals surface area (Å²) in [6.45, 7) is -1.32. The Labute approximate surface area is 161 Å². The van der Waals surface area contributed by atoms with Crippen LogP contribution >= 0.6 is 0 Å². The fourth-order valence-electron chi connectivity index (χ4n) is 2.91. The van der Waals surface area contributed by atoms with Gasteiger partial charge in [0.1, 0.15) is 5.75 Å². The van der Waals surface area contributed by atoms with Gasteiger partial charge in [-0.15, -0.1) is 0 Å². The van der Waals surface area contributed by atoms with Crippen molar-refractivity contribution in [3.05, 3.63) is 54.1 Å². The maximum absolute atomic E-state index is 12.1. The van der Waals surface area contributed by atoms with Crippen LogP contribution in [0.4, 0.5) is 20.2 Å². The Morgan fingerprint density at radius 3 is 2.25 bits per heavy atom. The number of nitrogens with one attached hydrogen (secondary N) is 1. The molecule has 1 fully saturated rings. The first-order chi connectivity index (χ1) is 13.5. The zero-order valence-corrected chi connectivity index (χ0v) is 15.1. The number of carbonyl (C=O) groups excluding carboxylic acids is 2. The van der Waals surface area contributed by atoms with E-state index in [9.17, 15) is 18.4 Å². The highest BCUT2D eigenvalue weighted by atomic mass is 19.3. The van der Waals surface area contributed by atoms with Crippen molar-refractivity contribution in [2.45, 2.75) is 19.5 Å². The number of hydrogen-bond donors (Lipinski definition) is 1. The normalized spacial score (nSPS) is 13.5. The highest BCUT2D eigenvalue weighted by molar-refractivity contribution is 5.95. The Morgan fingerprint density at radius 2 is 1.64 bits per heavy atom. The molecule has 0 unspecified atom stereocenters. The molecule has 3 rings (SSSR count). The number of esters is 1. The molecule has 6 nitrogen and oxygen atoms in total. The van der Waals surface area contributed by atoms with Crippen molar-refractivity contribution in [2.75, 3.05) is 29.9 Å². The number of carbonyl (C=O) groups is 2. The van der Waals surface area contributed by atoms with Crippen LogP contribution in [0.25, 0.3) is 0 Å². The number of ether oxygens (including phenoxy) is 2. The number of anilines is 2. The Morgan fingerprint density at radius 1 is 1.00 bits per heavy atom. The van der Waals surface area contributed by atoms with Gasteiger partial charge in [0.2, 0.25) is 0 Å². The molecule has 1 heterocycles. The first-order valence-corrected chi connectivity index (χ1v) is 8.88. The smallest absolute Gasteiger partial charge is 0.387 e. The minimum atomic E-state index is -2.94. The molecule has 0 spiro atoms. The van der Waals surface area contributed by atoms with E-state index in [0.29, 0.717) is 5.69 Å². The van der Waals surface area contributed by atoms with Crippen molar-refractivity contribution in [3.63, 3.8) is 0 Å². The van der Waals surface area contributed by atoms with E-state index < -0.39 is 25.1 Å². The Balaban J connectivity index is 1.46. The summed E-state index contributed by atoms with van der Waals surface area (Å²) in [5.74, 6) is -1.27. The molecular weight excluding hydrogens is 370 g/mol. The highest BCUT2D eigenvalue weighted by Crippen LogP contribution is 2.22. The van der Waals surface area contributed by atoms with Crippen LogP contribution < -0.4 is 15.0 Å². The van der Waals surface area contributed by atoms with Gasteiger partial charge in [0, 0.05) is 24.5 Å². The van der Waals surface area contributed by atoms with E-state index in [1.807, 2.05) is 12.1 Å². The zero-order valence-electron chi connectivity index (χ0n) is 15.1. The van der Waals surface area contributed by atoms with E-state index in [2.05, 4.69) is 15.0 Å². The van der Waals surface area contributed by atoms with Crippen LogP contribution in [0.2, 0.25) is 0 Å². The van der Waals surface area contributed by atoms with E-state index in [4.69, 9.17) is 4.74 Å². The highest BCUT2D eigenvalue weighted by Gasteiger charge is 2.13. The summed E-state index contributed by atoms with van der Waals surface area (Å²) in [5, 5.41) is 2.66. The molecule has 0 atom stereocenters. The number of hydrogen-bond acceptors (Lipinski definition) is 5. The predicted molar refractivity (Wildman–Crippen MR) is 99.9 cm³/mol. The van der Waals surface area contributed by atoms with E-state index in [1.165, 1.54) is 37.1 Å². The SMILES string of the molecule is O=C(COC(=O)c1ccc(OC(F)F)cc1)Nc1ccc(N2CCCC2)cc1. The summed E-state index contributed by atoms with van der Waals surface area (Å²) < 4.78 is 33.4. The summed E-state index contributed by atoms with van der Waals surface area (Å²) in [7, 11) is 0. The van der Waals surface area contributed by atoms with Gasteiger partial charge in [-0.25, -0.2) is 4.79 Å². The average Bonchev–Trinajstić information content (AvgIpc) is 3.21. The monoisotopic (exact) mass is 390 g/mol. The lowest BCUT2D eigenvalue weighted by Gasteiger charge is -2.17. The molecule has 0 saturated carbocycles. The van der Waals surface area contributed by atoms with Crippen LogP contribution in [0, 0.1) is 0 Å². The lowest BCUT2D eigenvalue weighted by atomic mass is 10.2. The first kappa shape index (κ1) is 19.6. The lowest BCUT2D eigenvalue weighted by Crippen LogP contribution is -2.21. The molecule has 148 valence electrons. The minimum absolute atomic E-state index is 0.0679. The third-order valence-electron chi connectivity index (χ3n) is 4.27. The van der Waals surface area contributed by atoms with Crippen molar-refractivity contribution < 1.29 is 27.8 Å². The second-order valence-corrected chi connectivity index (χ2v) is 6.27. The Bertz CT molecular complexity index is 804. The van der Waals surface area contributed by atoms with Gasteiger partial charge in [0.25, 0.3) is 5.91 Å². The van der Waals surface area contributed by atoms with Crippen molar-refractivity contribution in [1.29, 1.82) is 0 Å². The molecule has 2 aromatic carbocycles. The number of alkyl halides is 2. The first-order valence-electron chi connectivity index (χ1n) is 8.88. The summed E-state index contributed by atoms with van der Waals surface area (Å²) in [6.07, 6.45) is 2.37. The zero-order chi connectivity index (χ0) is 19.9. The molecule has 0 radical (unpaired) electrons. The molecule has 0 bridgehead atoms. The van der Waals surface area contributed by atoms with Crippen molar-refractivity contribution in [2.24, 2.45) is 0 Å². The number of rotatable bonds is 7. The lowest BCUT2D eigenvalue weighted by molar-refractivity contribution is -0.119. The van der Waals surface area contributed by atoms with Crippen LogP contribution in [0.3, 0.4) is 0 Å². The fourth-order valence-corrected chi connectivity index (χ4v) is 2.91. The van der Waals surface area contributed by atoms with Gasteiger partial charge >= 0.3 is 12.6 Å².